The summed E-state index contributed by atoms with van der Waals surface area (Å²) in [6.45, 7) is 4.57. The molecule has 0 unspecified atom stereocenters. The summed E-state index contributed by atoms with van der Waals surface area (Å²) in [6.07, 6.45) is 1.95. The summed E-state index contributed by atoms with van der Waals surface area (Å²) in [5.74, 6) is 1.60. The van der Waals surface area contributed by atoms with Crippen molar-refractivity contribution in [2.24, 2.45) is 0 Å². The van der Waals surface area contributed by atoms with Crippen LogP contribution in [0, 0.1) is 13.8 Å². The van der Waals surface area contributed by atoms with Crippen molar-refractivity contribution < 1.29 is 14.6 Å². The Labute approximate surface area is 174 Å². The number of phenolic OH excluding ortho intramolecular Hbond substituents is 1. The van der Waals surface area contributed by atoms with Crippen LogP contribution in [-0.4, -0.2) is 33.9 Å². The number of aromatic hydroxyl groups is 1. The summed E-state index contributed by atoms with van der Waals surface area (Å²) < 4.78 is 12.6. The third-order valence-electron chi connectivity index (χ3n) is 5.07. The highest BCUT2D eigenvalue weighted by Crippen LogP contribution is 2.35. The number of rotatable bonds is 6. The van der Waals surface area contributed by atoms with Crippen molar-refractivity contribution in [3.63, 3.8) is 0 Å². The number of hydrogen-bond acceptors (Lipinski definition) is 6. The largest absolute Gasteiger partial charge is 0.508 e. The van der Waals surface area contributed by atoms with Crippen LogP contribution in [0.25, 0.3) is 16.8 Å². The Morgan fingerprint density at radius 1 is 0.967 bits per heavy atom. The lowest BCUT2D eigenvalue weighted by Gasteiger charge is -2.11. The van der Waals surface area contributed by atoms with Gasteiger partial charge in [-0.2, -0.15) is 5.10 Å². The molecule has 0 aliphatic carbocycles. The minimum atomic E-state index is 0.257. The van der Waals surface area contributed by atoms with Crippen LogP contribution in [0.2, 0.25) is 0 Å². The number of aryl methyl sites for hydroxylation is 2. The summed E-state index contributed by atoms with van der Waals surface area (Å²) in [5, 5.41) is 17.5. The Morgan fingerprint density at radius 2 is 1.70 bits per heavy atom. The van der Waals surface area contributed by atoms with Gasteiger partial charge in [-0.1, -0.05) is 18.2 Å². The maximum atomic E-state index is 9.43. The van der Waals surface area contributed by atoms with Crippen LogP contribution in [0.4, 0.5) is 5.69 Å². The van der Waals surface area contributed by atoms with Gasteiger partial charge in [-0.3, -0.25) is 0 Å². The normalized spacial score (nSPS) is 10.9. The Bertz CT molecular complexity index is 1200. The van der Waals surface area contributed by atoms with Crippen molar-refractivity contribution in [1.82, 2.24) is 14.6 Å². The van der Waals surface area contributed by atoms with Crippen molar-refractivity contribution in [3.8, 4) is 28.4 Å². The second-order valence-electron chi connectivity index (χ2n) is 7.06. The second-order valence-corrected chi connectivity index (χ2v) is 7.06. The number of methoxy groups -OCH3 is 2. The first kappa shape index (κ1) is 19.6. The first-order valence-electron chi connectivity index (χ1n) is 9.61. The fourth-order valence-electron chi connectivity index (χ4n) is 3.48. The number of ether oxygens (including phenoxy) is 2. The van der Waals surface area contributed by atoms with Crippen LogP contribution in [0.15, 0.2) is 48.7 Å². The van der Waals surface area contributed by atoms with Crippen LogP contribution in [0.1, 0.15) is 17.0 Å². The molecule has 154 valence electrons. The molecule has 0 saturated heterocycles. The van der Waals surface area contributed by atoms with Crippen LogP contribution >= 0.6 is 0 Å². The molecule has 0 saturated carbocycles. The van der Waals surface area contributed by atoms with E-state index in [1.807, 2.05) is 50.4 Å². The summed E-state index contributed by atoms with van der Waals surface area (Å²) >= 11 is 0. The topological polar surface area (TPSA) is 80.9 Å². The van der Waals surface area contributed by atoms with Crippen LogP contribution < -0.4 is 14.8 Å². The van der Waals surface area contributed by atoms with Gasteiger partial charge in [-0.15, -0.1) is 0 Å². The zero-order valence-corrected chi connectivity index (χ0v) is 17.4. The van der Waals surface area contributed by atoms with E-state index in [2.05, 4.69) is 10.4 Å². The lowest BCUT2D eigenvalue weighted by molar-refractivity contribution is 0.355. The van der Waals surface area contributed by atoms with Gasteiger partial charge >= 0.3 is 0 Å². The zero-order chi connectivity index (χ0) is 21.3. The molecule has 0 aliphatic heterocycles. The maximum Gasteiger partial charge on any atom is 0.163 e. The predicted molar refractivity (Wildman–Crippen MR) is 116 cm³/mol. The fraction of sp³-hybridized carbons (Fsp3) is 0.217. The van der Waals surface area contributed by atoms with Gasteiger partial charge in [0, 0.05) is 12.1 Å². The van der Waals surface area contributed by atoms with Crippen molar-refractivity contribution >= 4 is 11.3 Å². The van der Waals surface area contributed by atoms with E-state index in [0.29, 0.717) is 18.0 Å². The highest BCUT2D eigenvalue weighted by Gasteiger charge is 2.17. The molecule has 0 atom stereocenters. The number of benzene rings is 2. The molecular weight excluding hydrogens is 380 g/mol. The number of fused-ring (bicyclic) bond motifs is 1. The summed E-state index contributed by atoms with van der Waals surface area (Å²) in [6, 6.07) is 12.9. The van der Waals surface area contributed by atoms with Gasteiger partial charge in [0.25, 0.3) is 0 Å². The first-order chi connectivity index (χ1) is 14.5. The molecule has 0 bridgehead atoms. The molecule has 7 nitrogen and oxygen atoms in total. The minimum Gasteiger partial charge on any atom is -0.508 e. The third kappa shape index (κ3) is 3.61. The van der Waals surface area contributed by atoms with Gasteiger partial charge < -0.3 is 19.9 Å². The van der Waals surface area contributed by atoms with E-state index >= 15 is 0 Å². The Morgan fingerprint density at radius 3 is 2.40 bits per heavy atom. The molecule has 2 heterocycles. The minimum absolute atomic E-state index is 0.257. The molecule has 0 aliphatic rings. The van der Waals surface area contributed by atoms with Crippen LogP contribution in [-0.2, 0) is 6.54 Å². The molecule has 0 amide bonds. The molecule has 4 aromatic rings. The number of nitrogens with one attached hydrogen (secondary N) is 1. The van der Waals surface area contributed by atoms with E-state index in [1.54, 1.807) is 30.9 Å². The molecule has 0 radical (unpaired) electrons. The average Bonchev–Trinajstić information content (AvgIpc) is 3.07. The molecule has 0 spiro atoms. The standard InChI is InChI=1S/C23H24N4O3/c1-14-19(24-12-16-5-8-18(28)9-6-16)13-27-23(25-14)22(15(2)26-27)17-7-10-20(29-3)21(11-17)30-4/h5-11,13,24,28H,12H2,1-4H3. The monoisotopic (exact) mass is 404 g/mol. The van der Waals surface area contributed by atoms with Gasteiger partial charge in [0.15, 0.2) is 17.1 Å². The van der Waals surface area contributed by atoms with Crippen LogP contribution in [0.3, 0.4) is 0 Å². The van der Waals surface area contributed by atoms with E-state index in [-0.39, 0.29) is 5.75 Å². The van der Waals surface area contributed by atoms with Crippen molar-refractivity contribution in [3.05, 3.63) is 65.6 Å². The van der Waals surface area contributed by atoms with E-state index in [1.165, 1.54) is 0 Å². The number of anilines is 1. The lowest BCUT2D eigenvalue weighted by atomic mass is 10.1. The predicted octanol–water partition coefficient (Wildman–Crippen LogP) is 4.35. The number of nitrogens with zero attached hydrogens (tertiary/aromatic N) is 3. The van der Waals surface area contributed by atoms with Crippen molar-refractivity contribution in [2.75, 3.05) is 19.5 Å². The van der Waals surface area contributed by atoms with Gasteiger partial charge in [-0.25, -0.2) is 9.50 Å². The summed E-state index contributed by atoms with van der Waals surface area (Å²) in [4.78, 5) is 4.82. The molecule has 2 aromatic carbocycles. The Balaban J connectivity index is 1.69. The quantitative estimate of drug-likeness (QED) is 0.497. The third-order valence-corrected chi connectivity index (χ3v) is 5.07. The summed E-state index contributed by atoms with van der Waals surface area (Å²) in [7, 11) is 3.24. The van der Waals surface area contributed by atoms with Gasteiger partial charge in [0.2, 0.25) is 0 Å². The zero-order valence-electron chi connectivity index (χ0n) is 17.4. The maximum absolute atomic E-state index is 9.43. The van der Waals surface area contributed by atoms with E-state index in [4.69, 9.17) is 14.5 Å². The van der Waals surface area contributed by atoms with E-state index in [9.17, 15) is 5.11 Å². The van der Waals surface area contributed by atoms with Gasteiger partial charge in [0.1, 0.15) is 5.75 Å². The number of hydrogen-bond donors (Lipinski definition) is 2. The first-order valence-corrected chi connectivity index (χ1v) is 9.61. The fourth-order valence-corrected chi connectivity index (χ4v) is 3.48. The highest BCUT2D eigenvalue weighted by molar-refractivity contribution is 5.81. The molecule has 30 heavy (non-hydrogen) atoms. The Hall–Kier alpha value is -3.74. The van der Waals surface area contributed by atoms with Crippen molar-refractivity contribution in [1.29, 1.82) is 0 Å². The number of phenols is 1. The molecule has 4 rings (SSSR count). The van der Waals surface area contributed by atoms with Gasteiger partial charge in [-0.05, 0) is 49.2 Å². The van der Waals surface area contributed by atoms with Gasteiger partial charge in [0.05, 0.1) is 37.5 Å². The van der Waals surface area contributed by atoms with E-state index in [0.717, 1.165) is 39.4 Å². The lowest BCUT2D eigenvalue weighted by Crippen LogP contribution is -2.05. The molecule has 2 aromatic heterocycles. The molecular formula is C23H24N4O3. The molecule has 2 N–H and O–H groups in total. The highest BCUT2D eigenvalue weighted by atomic mass is 16.5. The number of aromatic nitrogens is 3. The second kappa shape index (κ2) is 7.94. The molecule has 7 heteroatoms. The SMILES string of the molecule is COc1ccc(-c2c(C)nn3cc(NCc4ccc(O)cc4)c(C)nc23)cc1OC. The molecule has 0 fully saturated rings. The smallest absolute Gasteiger partial charge is 0.163 e. The average molecular weight is 404 g/mol. The van der Waals surface area contributed by atoms with Crippen molar-refractivity contribution in [2.45, 2.75) is 20.4 Å². The summed E-state index contributed by atoms with van der Waals surface area (Å²) in [5.41, 5.74) is 6.44. The van der Waals surface area contributed by atoms with Crippen LogP contribution in [0.5, 0.6) is 17.2 Å². The van der Waals surface area contributed by atoms with E-state index < -0.39 is 0 Å². The Kier molecular flexibility index (Phi) is 5.18.